The lowest BCUT2D eigenvalue weighted by atomic mass is 9.76. The van der Waals surface area contributed by atoms with Gasteiger partial charge in [-0.25, -0.2) is 26.8 Å². The molecule has 4 aromatic heterocycles. The van der Waals surface area contributed by atoms with Crippen LogP contribution in [0.15, 0.2) is 146 Å². The fraction of sp³-hybridized carbons (Fsp3) is 0.267. The highest BCUT2D eigenvalue weighted by Gasteiger charge is 2.64. The summed E-state index contributed by atoms with van der Waals surface area (Å²) >= 11 is 0. The van der Waals surface area contributed by atoms with Gasteiger partial charge in [-0.05, 0) is 97.8 Å². The SMILES string of the molecule is CC1(S(=O)(=O)Cl)CC1.CC1(S(=O)(=O)N2CC3(C2)C(=O)N(Cc2ncc4ccccc4c2-c2ccc(C#N)nc2)c2ccccc23)CC1.N#Cc1ccc(-c2c(CN3C(=O)C4(CNC4)c4ccccc43)ncc3ccccc23)cn1. The maximum atomic E-state index is 14.1. The summed E-state index contributed by atoms with van der Waals surface area (Å²) < 4.78 is 47.5. The maximum Gasteiger partial charge on any atom is 0.240 e. The number of aromatic nitrogens is 4. The third kappa shape index (κ3) is 8.61. The Balaban J connectivity index is 0.000000140. The van der Waals surface area contributed by atoms with Gasteiger partial charge in [-0.15, -0.1) is 0 Å². The van der Waals surface area contributed by atoms with Crippen molar-refractivity contribution in [2.75, 3.05) is 36.0 Å². The molecule has 16 nitrogen and oxygen atoms in total. The lowest BCUT2D eigenvalue weighted by Gasteiger charge is -2.46. The number of fused-ring (bicyclic) bond motifs is 6. The van der Waals surface area contributed by atoms with Gasteiger partial charge >= 0.3 is 0 Å². The molecular weight excluding hydrogens is 1060 g/mol. The van der Waals surface area contributed by atoms with Crippen molar-refractivity contribution in [2.45, 2.75) is 72.9 Å². The van der Waals surface area contributed by atoms with Crippen molar-refractivity contribution in [3.05, 3.63) is 180 Å². The van der Waals surface area contributed by atoms with E-state index < -0.39 is 39.4 Å². The van der Waals surface area contributed by atoms with Gasteiger partial charge in [-0.3, -0.25) is 19.6 Å². The van der Waals surface area contributed by atoms with Crippen LogP contribution in [-0.4, -0.2) is 88.6 Å². The molecule has 4 fully saturated rings. The standard InChI is InChI=1S/C30H25N5O3S.C26H19N5O.C4H7ClO2S/c1-29(12-13-29)39(37,38)34-18-30(19-34)24-8-4-5-9-26(24)35(28(30)36)17-25-27(21-10-11-22(14-31)32-16-21)23-7-3-2-6-20(23)15-33-25;27-11-19-10-9-18(13-29-19)24-20-6-2-1-5-17(20)12-30-22(24)14-31-23-8-4-3-7-21(23)26(25(31)32)15-28-16-26;1-4(2-3-4)8(5,6)7/h2-11,15-16H,12-13,17-19H2,1H3;1-10,12-13,28H,14-16H2;2-3H2,1H3. The molecule has 4 aliphatic heterocycles. The number of nitrogens with zero attached hydrogens (tertiary/aromatic N) is 9. The lowest BCUT2D eigenvalue weighted by Crippen LogP contribution is -2.66. The quantitative estimate of drug-likeness (QED) is 0.134. The monoisotopic (exact) mass is 1110 g/mol. The van der Waals surface area contributed by atoms with Gasteiger partial charge in [0.2, 0.25) is 30.9 Å². The first-order valence-corrected chi connectivity index (χ1v) is 29.6. The van der Waals surface area contributed by atoms with Crippen molar-refractivity contribution in [1.29, 1.82) is 10.5 Å². The van der Waals surface area contributed by atoms with Crippen LogP contribution in [0.1, 0.15) is 73.4 Å². The van der Waals surface area contributed by atoms with E-state index in [9.17, 15) is 31.7 Å². The Morgan fingerprint density at radius 1 is 0.557 bits per heavy atom. The molecule has 0 bridgehead atoms. The second-order valence-electron chi connectivity index (χ2n) is 21.6. The van der Waals surface area contributed by atoms with Gasteiger partial charge in [0.1, 0.15) is 34.4 Å². The summed E-state index contributed by atoms with van der Waals surface area (Å²) in [6.45, 7) is 5.70. The molecule has 2 saturated carbocycles. The first kappa shape index (κ1) is 51.8. The van der Waals surface area contributed by atoms with Gasteiger partial charge in [-0.2, -0.15) is 14.8 Å². The molecular formula is C60H51ClN10O6S2. The van der Waals surface area contributed by atoms with E-state index in [1.165, 1.54) is 4.31 Å². The zero-order chi connectivity index (χ0) is 55.1. The number of carbonyl (C=O) groups excluding carboxylic acids is 2. The third-order valence-electron chi connectivity index (χ3n) is 16.6. The summed E-state index contributed by atoms with van der Waals surface area (Å²) in [5.41, 5.74) is 8.03. The van der Waals surface area contributed by atoms with E-state index in [0.29, 0.717) is 49.6 Å². The van der Waals surface area contributed by atoms with E-state index in [1.807, 2.05) is 108 Å². The van der Waals surface area contributed by atoms with Gasteiger partial charge in [0.25, 0.3) is 0 Å². The first-order chi connectivity index (χ1) is 37.9. The molecule has 8 aromatic rings. The number of benzene rings is 4. The molecule has 0 atom stereocenters. The van der Waals surface area contributed by atoms with Crippen molar-refractivity contribution < 1.29 is 26.4 Å². The normalized spacial score (nSPS) is 18.5. The zero-order valence-corrected chi connectivity index (χ0v) is 45.5. The Morgan fingerprint density at radius 3 is 1.38 bits per heavy atom. The van der Waals surface area contributed by atoms with Gasteiger partial charge < -0.3 is 15.1 Å². The van der Waals surface area contributed by atoms with E-state index >= 15 is 0 Å². The Labute approximate surface area is 461 Å². The molecule has 2 saturated heterocycles. The van der Waals surface area contributed by atoms with Crippen LogP contribution in [0.2, 0.25) is 0 Å². The highest BCUT2D eigenvalue weighted by molar-refractivity contribution is 8.15. The minimum atomic E-state index is -3.45. The smallest absolute Gasteiger partial charge is 0.240 e. The van der Waals surface area contributed by atoms with Crippen LogP contribution in [0.25, 0.3) is 43.8 Å². The number of carbonyl (C=O) groups is 2. The Hall–Kier alpha value is -7.97. The third-order valence-corrected chi connectivity index (χ3v) is 21.9. The van der Waals surface area contributed by atoms with Crippen LogP contribution in [0.5, 0.6) is 0 Å². The number of halogens is 1. The van der Waals surface area contributed by atoms with Crippen LogP contribution >= 0.6 is 10.7 Å². The average molecular weight is 1110 g/mol. The van der Waals surface area contributed by atoms with Crippen LogP contribution in [0.4, 0.5) is 11.4 Å². The van der Waals surface area contributed by atoms with Gasteiger partial charge in [0, 0.05) is 106 Å². The van der Waals surface area contributed by atoms with Crippen LogP contribution in [0.3, 0.4) is 0 Å². The molecule has 79 heavy (non-hydrogen) atoms. The lowest BCUT2D eigenvalue weighted by molar-refractivity contribution is -0.127. The number of hydrogen-bond donors (Lipinski definition) is 1. The molecule has 4 aromatic carbocycles. The van der Waals surface area contributed by atoms with Crippen molar-refractivity contribution in [1.82, 2.24) is 29.6 Å². The summed E-state index contributed by atoms with van der Waals surface area (Å²) in [4.78, 5) is 49.4. The predicted molar refractivity (Wildman–Crippen MR) is 301 cm³/mol. The zero-order valence-electron chi connectivity index (χ0n) is 43.1. The number of sulfonamides is 1. The van der Waals surface area contributed by atoms with Crippen LogP contribution in [-0.2, 0) is 52.6 Å². The topological polar surface area (TPSA) is 223 Å². The second kappa shape index (κ2) is 19.1. The molecule has 2 aliphatic carbocycles. The summed E-state index contributed by atoms with van der Waals surface area (Å²) in [6, 6.07) is 43.0. The van der Waals surface area contributed by atoms with Crippen molar-refractivity contribution in [3.63, 3.8) is 0 Å². The summed E-state index contributed by atoms with van der Waals surface area (Å²) in [5.74, 6) is 0.0197. The Morgan fingerprint density at radius 2 is 0.987 bits per heavy atom. The average Bonchev–Trinajstić information content (AvgIpc) is 3.58. The summed E-state index contributed by atoms with van der Waals surface area (Å²) in [7, 11) is -1.66. The fourth-order valence-electron chi connectivity index (χ4n) is 11.2. The van der Waals surface area contributed by atoms with E-state index in [-0.39, 0.29) is 31.4 Å². The van der Waals surface area contributed by atoms with Crippen molar-refractivity contribution in [3.8, 4) is 34.4 Å². The molecule has 14 rings (SSSR count). The van der Waals surface area contributed by atoms with Gasteiger partial charge in [0.05, 0.1) is 34.0 Å². The Kier molecular flexibility index (Phi) is 12.5. The largest absolute Gasteiger partial charge is 0.314 e. The first-order valence-electron chi connectivity index (χ1n) is 25.9. The van der Waals surface area contributed by atoms with E-state index in [4.69, 9.17) is 25.9 Å². The van der Waals surface area contributed by atoms with Crippen LogP contribution < -0.4 is 15.1 Å². The minimum Gasteiger partial charge on any atom is -0.314 e. The number of nitriles is 2. The van der Waals surface area contributed by atoms with Crippen molar-refractivity contribution >= 4 is 74.5 Å². The van der Waals surface area contributed by atoms with Gasteiger partial charge in [-0.1, -0.05) is 84.9 Å². The van der Waals surface area contributed by atoms with Crippen LogP contribution in [0, 0.1) is 22.7 Å². The number of para-hydroxylation sites is 2. The Bertz CT molecular complexity index is 4150. The van der Waals surface area contributed by atoms with Crippen molar-refractivity contribution in [2.24, 2.45) is 0 Å². The summed E-state index contributed by atoms with van der Waals surface area (Å²) in [6.07, 6.45) is 9.81. The van der Waals surface area contributed by atoms with E-state index in [2.05, 4.69) is 39.6 Å². The molecule has 19 heteroatoms. The summed E-state index contributed by atoms with van der Waals surface area (Å²) in [5, 5.41) is 25.6. The number of nitrogens with one attached hydrogen (secondary N) is 1. The molecule has 2 spiro atoms. The number of hydrogen-bond acceptors (Lipinski definition) is 13. The van der Waals surface area contributed by atoms with Gasteiger partial charge in [0.15, 0.2) is 0 Å². The predicted octanol–water partition coefficient (Wildman–Crippen LogP) is 8.81. The van der Waals surface area contributed by atoms with E-state index in [1.54, 1.807) is 49.5 Å². The number of anilines is 2. The fourth-order valence-corrected chi connectivity index (χ4v) is 14.3. The molecule has 396 valence electrons. The second-order valence-corrected chi connectivity index (χ2v) is 27.1. The highest BCUT2D eigenvalue weighted by Crippen LogP contribution is 2.53. The van der Waals surface area contributed by atoms with E-state index in [0.717, 1.165) is 84.8 Å². The highest BCUT2D eigenvalue weighted by atomic mass is 35.7. The number of amides is 2. The number of rotatable bonds is 9. The molecule has 1 N–H and O–H groups in total. The maximum absolute atomic E-state index is 14.1. The molecule has 8 heterocycles. The molecule has 0 radical (unpaired) electrons. The molecule has 0 unspecified atom stereocenters. The molecule has 2 amide bonds. The molecule has 6 aliphatic rings. The minimum absolute atomic E-state index is 0.102. The number of pyridine rings is 4.